The first-order chi connectivity index (χ1) is 11.1. The third kappa shape index (κ3) is 3.42. The number of carbonyl (C=O) groups is 2. The number of likely N-dealkylation sites (tertiary alicyclic amines) is 1. The van der Waals surface area contributed by atoms with Gasteiger partial charge in [-0.15, -0.1) is 0 Å². The Morgan fingerprint density at radius 2 is 1.78 bits per heavy atom. The summed E-state index contributed by atoms with van der Waals surface area (Å²) < 4.78 is 0. The van der Waals surface area contributed by atoms with Gasteiger partial charge in [-0.1, -0.05) is 48.5 Å². The van der Waals surface area contributed by atoms with Crippen molar-refractivity contribution < 1.29 is 9.59 Å². The van der Waals surface area contributed by atoms with E-state index < -0.39 is 0 Å². The molecular weight excluding hydrogens is 288 g/mol. The zero-order chi connectivity index (χ0) is 16.2. The lowest BCUT2D eigenvalue weighted by atomic mass is 9.98. The third-order valence-electron chi connectivity index (χ3n) is 4.22. The van der Waals surface area contributed by atoms with Crippen LogP contribution in [0.1, 0.15) is 23.2 Å². The van der Waals surface area contributed by atoms with E-state index in [9.17, 15) is 9.59 Å². The van der Waals surface area contributed by atoms with Crippen LogP contribution in [0.3, 0.4) is 0 Å². The van der Waals surface area contributed by atoms with Crippen LogP contribution >= 0.6 is 0 Å². The summed E-state index contributed by atoms with van der Waals surface area (Å²) in [5.41, 5.74) is 2.61. The number of nitrogens with one attached hydrogen (secondary N) is 1. The summed E-state index contributed by atoms with van der Waals surface area (Å²) >= 11 is 0. The Labute approximate surface area is 136 Å². The highest BCUT2D eigenvalue weighted by atomic mass is 16.2. The van der Waals surface area contributed by atoms with Gasteiger partial charge in [0.05, 0.1) is 0 Å². The summed E-state index contributed by atoms with van der Waals surface area (Å²) in [7, 11) is 1.78. The quantitative estimate of drug-likeness (QED) is 0.948. The molecule has 3 rings (SSSR count). The molecule has 4 nitrogen and oxygen atoms in total. The van der Waals surface area contributed by atoms with Crippen LogP contribution in [0.25, 0.3) is 11.1 Å². The molecule has 0 saturated carbocycles. The van der Waals surface area contributed by atoms with Crippen molar-refractivity contribution in [2.45, 2.75) is 18.9 Å². The Morgan fingerprint density at radius 3 is 2.52 bits per heavy atom. The van der Waals surface area contributed by atoms with Gasteiger partial charge in [0.25, 0.3) is 5.91 Å². The molecule has 1 N–H and O–H groups in total. The minimum absolute atomic E-state index is 0.00836. The summed E-state index contributed by atoms with van der Waals surface area (Å²) in [6, 6.07) is 17.5. The molecule has 1 atom stereocenters. The molecule has 1 aliphatic heterocycles. The maximum Gasteiger partial charge on any atom is 0.252 e. The number of benzene rings is 2. The topological polar surface area (TPSA) is 49.4 Å². The van der Waals surface area contributed by atoms with Gasteiger partial charge >= 0.3 is 0 Å². The maximum absolute atomic E-state index is 12.7. The molecule has 0 radical (unpaired) electrons. The van der Waals surface area contributed by atoms with Gasteiger partial charge in [0.2, 0.25) is 5.91 Å². The molecular formula is C19H20N2O2. The fraction of sp³-hybridized carbons (Fsp3) is 0.263. The predicted molar refractivity (Wildman–Crippen MR) is 90.0 cm³/mol. The van der Waals surface area contributed by atoms with Crippen molar-refractivity contribution in [2.24, 2.45) is 0 Å². The second kappa shape index (κ2) is 6.65. The van der Waals surface area contributed by atoms with E-state index in [1.165, 1.54) is 0 Å². The van der Waals surface area contributed by atoms with Gasteiger partial charge in [-0.2, -0.15) is 0 Å². The number of amides is 2. The Bertz CT molecular complexity index is 712. The molecule has 4 heteroatoms. The van der Waals surface area contributed by atoms with Crippen molar-refractivity contribution >= 4 is 11.8 Å². The van der Waals surface area contributed by atoms with Crippen LogP contribution in [0.5, 0.6) is 0 Å². The van der Waals surface area contributed by atoms with Crippen molar-refractivity contribution in [1.82, 2.24) is 10.2 Å². The number of nitrogens with zero attached hydrogens (tertiary/aromatic N) is 1. The minimum atomic E-state index is -0.0859. The summed E-state index contributed by atoms with van der Waals surface area (Å²) in [6.45, 7) is 0.568. The standard InChI is InChI=1S/C19H20N2O2/c1-21-13-15(11-12-18(21)22)20-19(23)17-10-6-5-9-16(17)14-7-3-2-4-8-14/h2-10,15H,11-13H2,1H3,(H,20,23)/t15-/m0/s1. The summed E-state index contributed by atoms with van der Waals surface area (Å²) in [5, 5.41) is 3.06. The average molecular weight is 308 g/mol. The third-order valence-corrected chi connectivity index (χ3v) is 4.22. The molecule has 1 aliphatic rings. The maximum atomic E-state index is 12.7. The van der Waals surface area contributed by atoms with E-state index in [1.54, 1.807) is 11.9 Å². The highest BCUT2D eigenvalue weighted by molar-refractivity contribution is 6.01. The predicted octanol–water partition coefficient (Wildman–Crippen LogP) is 2.70. The largest absolute Gasteiger partial charge is 0.347 e. The summed E-state index contributed by atoms with van der Waals surface area (Å²) in [4.78, 5) is 25.9. The molecule has 0 unspecified atom stereocenters. The lowest BCUT2D eigenvalue weighted by Gasteiger charge is -2.30. The van der Waals surface area contributed by atoms with Gasteiger partial charge in [0.1, 0.15) is 0 Å². The summed E-state index contributed by atoms with van der Waals surface area (Å²) in [6.07, 6.45) is 1.18. The smallest absolute Gasteiger partial charge is 0.252 e. The molecule has 1 heterocycles. The van der Waals surface area contributed by atoms with E-state index in [0.717, 1.165) is 11.1 Å². The molecule has 0 aromatic heterocycles. The molecule has 2 aromatic carbocycles. The number of piperidine rings is 1. The van der Waals surface area contributed by atoms with E-state index in [-0.39, 0.29) is 17.9 Å². The van der Waals surface area contributed by atoms with E-state index in [1.807, 2.05) is 54.6 Å². The van der Waals surface area contributed by atoms with E-state index >= 15 is 0 Å². The zero-order valence-electron chi connectivity index (χ0n) is 13.2. The number of hydrogen-bond acceptors (Lipinski definition) is 2. The summed E-state index contributed by atoms with van der Waals surface area (Å²) in [5.74, 6) is 0.0531. The van der Waals surface area contributed by atoms with E-state index in [4.69, 9.17) is 0 Å². The van der Waals surface area contributed by atoms with Crippen molar-refractivity contribution in [1.29, 1.82) is 0 Å². The van der Waals surface area contributed by atoms with Gasteiger partial charge < -0.3 is 10.2 Å². The fourth-order valence-corrected chi connectivity index (χ4v) is 2.94. The second-order valence-corrected chi connectivity index (χ2v) is 5.89. The van der Waals surface area contributed by atoms with Crippen LogP contribution < -0.4 is 5.32 Å². The molecule has 2 amide bonds. The first kappa shape index (κ1) is 15.3. The molecule has 0 spiro atoms. The van der Waals surface area contributed by atoms with Crippen LogP contribution in [0, 0.1) is 0 Å². The monoisotopic (exact) mass is 308 g/mol. The lowest BCUT2D eigenvalue weighted by molar-refractivity contribution is -0.132. The molecule has 118 valence electrons. The molecule has 1 saturated heterocycles. The Morgan fingerprint density at radius 1 is 1.09 bits per heavy atom. The van der Waals surface area contributed by atoms with Crippen molar-refractivity contribution in [2.75, 3.05) is 13.6 Å². The van der Waals surface area contributed by atoms with Gasteiger partial charge in [0, 0.05) is 31.6 Å². The minimum Gasteiger partial charge on any atom is -0.347 e. The van der Waals surface area contributed by atoms with Crippen molar-refractivity contribution in [3.05, 3.63) is 60.2 Å². The van der Waals surface area contributed by atoms with Crippen LogP contribution in [0.15, 0.2) is 54.6 Å². The van der Waals surface area contributed by atoms with Crippen LogP contribution in [-0.2, 0) is 4.79 Å². The molecule has 0 bridgehead atoms. The van der Waals surface area contributed by atoms with Crippen molar-refractivity contribution in [3.63, 3.8) is 0 Å². The molecule has 23 heavy (non-hydrogen) atoms. The van der Waals surface area contributed by atoms with Crippen LogP contribution in [0.4, 0.5) is 0 Å². The Balaban J connectivity index is 1.79. The zero-order valence-corrected chi connectivity index (χ0v) is 13.2. The van der Waals surface area contributed by atoms with Gasteiger partial charge in [0.15, 0.2) is 0 Å². The van der Waals surface area contributed by atoms with Crippen LogP contribution in [0.2, 0.25) is 0 Å². The number of hydrogen-bond donors (Lipinski definition) is 1. The normalized spacial score (nSPS) is 17.9. The van der Waals surface area contributed by atoms with E-state index in [0.29, 0.717) is 24.9 Å². The SMILES string of the molecule is CN1C[C@@H](NC(=O)c2ccccc2-c2ccccc2)CCC1=O. The molecule has 0 aliphatic carbocycles. The number of likely N-dealkylation sites (N-methyl/N-ethyl adjacent to an activating group) is 1. The lowest BCUT2D eigenvalue weighted by Crippen LogP contribution is -2.48. The Kier molecular flexibility index (Phi) is 4.42. The second-order valence-electron chi connectivity index (χ2n) is 5.89. The highest BCUT2D eigenvalue weighted by Gasteiger charge is 2.25. The van der Waals surface area contributed by atoms with Gasteiger partial charge in [-0.25, -0.2) is 0 Å². The Hall–Kier alpha value is -2.62. The number of carbonyl (C=O) groups excluding carboxylic acids is 2. The first-order valence-corrected chi connectivity index (χ1v) is 7.84. The van der Waals surface area contributed by atoms with Gasteiger partial charge in [-0.3, -0.25) is 9.59 Å². The van der Waals surface area contributed by atoms with Crippen molar-refractivity contribution in [3.8, 4) is 11.1 Å². The number of rotatable bonds is 3. The average Bonchev–Trinajstić information content (AvgIpc) is 2.59. The first-order valence-electron chi connectivity index (χ1n) is 7.84. The molecule has 1 fully saturated rings. The van der Waals surface area contributed by atoms with Gasteiger partial charge in [-0.05, 0) is 23.6 Å². The van der Waals surface area contributed by atoms with Crippen LogP contribution in [-0.4, -0.2) is 36.3 Å². The molecule has 2 aromatic rings. The highest BCUT2D eigenvalue weighted by Crippen LogP contribution is 2.23. The fourth-order valence-electron chi connectivity index (χ4n) is 2.94. The van der Waals surface area contributed by atoms with E-state index in [2.05, 4.69) is 5.32 Å².